The van der Waals surface area contributed by atoms with Crippen molar-refractivity contribution in [2.24, 2.45) is 0 Å². The number of hydrogen-bond donors (Lipinski definition) is 1. The van der Waals surface area contributed by atoms with E-state index < -0.39 is 17.7 Å². The minimum Gasteiger partial charge on any atom is -0.507 e. The van der Waals surface area contributed by atoms with Gasteiger partial charge in [-0.25, -0.2) is 4.98 Å². The summed E-state index contributed by atoms with van der Waals surface area (Å²) >= 11 is 0. The fourth-order valence-corrected chi connectivity index (χ4v) is 4.20. The Hall–Kier alpha value is -4.07. The van der Waals surface area contributed by atoms with Crippen LogP contribution in [0.5, 0.6) is 11.5 Å². The Morgan fingerprint density at radius 3 is 2.57 bits per heavy atom. The molecule has 0 unspecified atom stereocenters. The molecule has 0 spiro atoms. The monoisotopic (exact) mass is 475 g/mol. The highest BCUT2D eigenvalue weighted by Gasteiger charge is 2.45. The van der Waals surface area contributed by atoms with E-state index in [1.165, 1.54) is 4.90 Å². The third-order valence-electron chi connectivity index (χ3n) is 5.92. The van der Waals surface area contributed by atoms with Crippen molar-refractivity contribution < 1.29 is 24.2 Å². The van der Waals surface area contributed by atoms with Gasteiger partial charge in [-0.1, -0.05) is 19.1 Å². The first-order chi connectivity index (χ1) is 17.0. The number of carbonyl (C=O) groups is 2. The molecule has 1 amide bonds. The van der Waals surface area contributed by atoms with Crippen LogP contribution in [0.2, 0.25) is 0 Å². The fraction of sp³-hybridized carbons (Fsp3) is 0.296. The van der Waals surface area contributed by atoms with Crippen molar-refractivity contribution in [2.45, 2.75) is 32.4 Å². The lowest BCUT2D eigenvalue weighted by Crippen LogP contribution is -2.31. The van der Waals surface area contributed by atoms with Gasteiger partial charge in [0.05, 0.1) is 31.7 Å². The van der Waals surface area contributed by atoms with Gasteiger partial charge in [-0.2, -0.15) is 0 Å². The van der Waals surface area contributed by atoms with Gasteiger partial charge in [0.25, 0.3) is 11.7 Å². The summed E-state index contributed by atoms with van der Waals surface area (Å²) in [5.41, 5.74) is 1.21. The SMILES string of the molecule is CCCOc1cccc([C@H]2/C(=C(\O)c3ccc(OC)cc3)C(=O)C(=O)N2CCCn2ccnc2)c1. The zero-order valence-electron chi connectivity index (χ0n) is 19.9. The van der Waals surface area contributed by atoms with E-state index in [1.54, 1.807) is 43.9 Å². The van der Waals surface area contributed by atoms with Crippen molar-refractivity contribution in [3.05, 3.63) is 84.0 Å². The molecule has 182 valence electrons. The number of methoxy groups -OCH3 is 1. The number of aliphatic hydroxyl groups excluding tert-OH is 1. The number of likely N-dealkylation sites (tertiary alicyclic amines) is 1. The molecule has 0 saturated carbocycles. The van der Waals surface area contributed by atoms with Crippen LogP contribution in [0, 0.1) is 0 Å². The molecule has 1 aliphatic heterocycles. The number of benzene rings is 2. The van der Waals surface area contributed by atoms with Gasteiger partial charge in [-0.3, -0.25) is 9.59 Å². The van der Waals surface area contributed by atoms with E-state index in [9.17, 15) is 14.7 Å². The lowest BCUT2D eigenvalue weighted by atomic mass is 9.95. The van der Waals surface area contributed by atoms with Gasteiger partial charge in [0.2, 0.25) is 0 Å². The second-order valence-corrected chi connectivity index (χ2v) is 8.30. The van der Waals surface area contributed by atoms with E-state index in [-0.39, 0.29) is 11.3 Å². The molecular formula is C27H29N3O5. The van der Waals surface area contributed by atoms with E-state index >= 15 is 0 Å². The number of ether oxygens (including phenoxy) is 2. The van der Waals surface area contributed by atoms with Gasteiger partial charge in [0, 0.05) is 31.0 Å². The topological polar surface area (TPSA) is 93.9 Å². The van der Waals surface area contributed by atoms with Crippen LogP contribution < -0.4 is 9.47 Å². The summed E-state index contributed by atoms with van der Waals surface area (Å²) in [6.45, 7) is 3.56. The quantitative estimate of drug-likeness (QED) is 0.268. The van der Waals surface area contributed by atoms with E-state index in [2.05, 4.69) is 4.98 Å². The van der Waals surface area contributed by atoms with Crippen LogP contribution >= 0.6 is 0 Å². The van der Waals surface area contributed by atoms with Gasteiger partial charge in [0.15, 0.2) is 0 Å². The maximum absolute atomic E-state index is 13.2. The molecule has 8 nitrogen and oxygen atoms in total. The number of carbonyl (C=O) groups excluding carboxylic acids is 2. The van der Waals surface area contributed by atoms with Gasteiger partial charge < -0.3 is 24.0 Å². The molecule has 1 aromatic heterocycles. The summed E-state index contributed by atoms with van der Waals surface area (Å²) in [6.07, 6.45) is 6.74. The molecule has 3 aromatic rings. The van der Waals surface area contributed by atoms with Crippen molar-refractivity contribution in [1.82, 2.24) is 14.5 Å². The highest BCUT2D eigenvalue weighted by molar-refractivity contribution is 6.46. The molecule has 1 saturated heterocycles. The largest absolute Gasteiger partial charge is 0.507 e. The minimum absolute atomic E-state index is 0.0652. The molecule has 4 rings (SSSR count). The number of rotatable bonds is 10. The summed E-state index contributed by atoms with van der Waals surface area (Å²) in [6, 6.07) is 13.3. The van der Waals surface area contributed by atoms with Gasteiger partial charge in [0.1, 0.15) is 17.3 Å². The average Bonchev–Trinajstić information content (AvgIpc) is 3.49. The third-order valence-corrected chi connectivity index (χ3v) is 5.92. The molecule has 2 heterocycles. The maximum Gasteiger partial charge on any atom is 0.295 e. The molecule has 1 N–H and O–H groups in total. The highest BCUT2D eigenvalue weighted by Crippen LogP contribution is 2.40. The van der Waals surface area contributed by atoms with Crippen molar-refractivity contribution in [1.29, 1.82) is 0 Å². The second-order valence-electron chi connectivity index (χ2n) is 8.30. The Morgan fingerprint density at radius 2 is 1.89 bits per heavy atom. The maximum atomic E-state index is 13.2. The lowest BCUT2D eigenvalue weighted by Gasteiger charge is -2.26. The number of hydrogen-bond acceptors (Lipinski definition) is 6. The summed E-state index contributed by atoms with van der Waals surface area (Å²) in [4.78, 5) is 31.9. The summed E-state index contributed by atoms with van der Waals surface area (Å²) in [5.74, 6) is -0.272. The number of nitrogens with zero attached hydrogens (tertiary/aromatic N) is 3. The normalized spacial score (nSPS) is 17.1. The summed E-state index contributed by atoms with van der Waals surface area (Å²) < 4.78 is 12.9. The van der Waals surface area contributed by atoms with E-state index in [0.29, 0.717) is 48.7 Å². The molecule has 35 heavy (non-hydrogen) atoms. The third kappa shape index (κ3) is 5.21. The molecular weight excluding hydrogens is 446 g/mol. The number of amides is 1. The average molecular weight is 476 g/mol. The highest BCUT2D eigenvalue weighted by atomic mass is 16.5. The van der Waals surface area contributed by atoms with Crippen LogP contribution in [0.1, 0.15) is 36.9 Å². The van der Waals surface area contributed by atoms with E-state index in [0.717, 1.165) is 6.42 Å². The zero-order valence-corrected chi connectivity index (χ0v) is 19.9. The number of aryl methyl sites for hydroxylation is 1. The predicted octanol–water partition coefficient (Wildman–Crippen LogP) is 4.19. The first-order valence-corrected chi connectivity index (χ1v) is 11.6. The van der Waals surface area contributed by atoms with Crippen LogP contribution in [0.3, 0.4) is 0 Å². The van der Waals surface area contributed by atoms with Crippen molar-refractivity contribution >= 4 is 17.4 Å². The molecule has 2 aromatic carbocycles. The van der Waals surface area contributed by atoms with E-state index in [4.69, 9.17) is 9.47 Å². The Balaban J connectivity index is 1.72. The fourth-order valence-electron chi connectivity index (χ4n) is 4.20. The molecule has 1 atom stereocenters. The molecule has 1 aliphatic rings. The molecule has 0 bridgehead atoms. The van der Waals surface area contributed by atoms with Gasteiger partial charge >= 0.3 is 0 Å². The van der Waals surface area contributed by atoms with Gasteiger partial charge in [-0.15, -0.1) is 0 Å². The first kappa shape index (κ1) is 24.1. The first-order valence-electron chi connectivity index (χ1n) is 11.6. The number of imidazole rings is 1. The Morgan fingerprint density at radius 1 is 1.09 bits per heavy atom. The summed E-state index contributed by atoms with van der Waals surface area (Å²) in [5, 5.41) is 11.2. The Kier molecular flexibility index (Phi) is 7.50. The number of Topliss-reactive ketones (excluding diaryl/α,β-unsaturated/α-hetero) is 1. The van der Waals surface area contributed by atoms with Gasteiger partial charge in [-0.05, 0) is 54.8 Å². The van der Waals surface area contributed by atoms with Crippen LogP contribution in [0.4, 0.5) is 0 Å². The molecule has 1 fully saturated rings. The Labute approximate surface area is 204 Å². The molecule has 8 heteroatoms. The number of aliphatic hydroxyl groups is 1. The van der Waals surface area contributed by atoms with Crippen LogP contribution in [0.25, 0.3) is 5.76 Å². The molecule has 0 aliphatic carbocycles. The second kappa shape index (κ2) is 10.9. The number of aromatic nitrogens is 2. The van der Waals surface area contributed by atoms with Crippen molar-refractivity contribution in [3.8, 4) is 11.5 Å². The smallest absolute Gasteiger partial charge is 0.295 e. The minimum atomic E-state index is -0.731. The number of ketones is 1. The van der Waals surface area contributed by atoms with Crippen LogP contribution in [-0.4, -0.2) is 51.5 Å². The van der Waals surface area contributed by atoms with Crippen LogP contribution in [-0.2, 0) is 16.1 Å². The van der Waals surface area contributed by atoms with Crippen molar-refractivity contribution in [3.63, 3.8) is 0 Å². The zero-order chi connectivity index (χ0) is 24.8. The standard InChI is InChI=1S/C27H29N3O5/c1-3-16-35-22-7-4-6-20(17-22)24-23(25(31)19-8-10-21(34-2)11-9-19)26(32)27(33)30(24)14-5-13-29-15-12-28-18-29/h4,6-12,15,17-18,24,31H,3,5,13-14,16H2,1-2H3/b25-23+/t24-/m0/s1. The van der Waals surface area contributed by atoms with E-state index in [1.807, 2.05) is 42.0 Å². The van der Waals surface area contributed by atoms with Crippen molar-refractivity contribution in [2.75, 3.05) is 20.3 Å². The molecule has 0 radical (unpaired) electrons. The predicted molar refractivity (Wildman–Crippen MR) is 131 cm³/mol. The summed E-state index contributed by atoms with van der Waals surface area (Å²) in [7, 11) is 1.55. The van der Waals surface area contributed by atoms with Crippen LogP contribution in [0.15, 0.2) is 72.8 Å². The Bertz CT molecular complexity index is 1200. The lowest BCUT2D eigenvalue weighted by molar-refractivity contribution is -0.139.